The topological polar surface area (TPSA) is 29.5 Å². The van der Waals surface area contributed by atoms with Gasteiger partial charge in [0.05, 0.1) is 19.3 Å². The monoisotopic (exact) mass is 236 g/mol. The second-order valence-corrected chi connectivity index (χ2v) is 5.48. The van der Waals surface area contributed by atoms with Crippen LogP contribution in [-0.4, -0.2) is 24.4 Å². The minimum atomic E-state index is 0.105. The Bertz CT molecular complexity index is 273. The molecule has 0 aromatic rings. The predicted octanol–water partition coefficient (Wildman–Crippen LogP) is 2.60. The summed E-state index contributed by atoms with van der Waals surface area (Å²) in [6.07, 6.45) is 7.55. The van der Waals surface area contributed by atoms with E-state index < -0.39 is 0 Å². The molecule has 0 amide bonds. The maximum atomic E-state index is 9.04. The minimum Gasteiger partial charge on any atom is -0.394 e. The molecule has 17 heavy (non-hydrogen) atoms. The lowest BCUT2D eigenvalue weighted by Crippen LogP contribution is -2.33. The zero-order chi connectivity index (χ0) is 12.1. The fraction of sp³-hybridized carbons (Fsp3) is 0.867. The Hall–Kier alpha value is -0.520. The van der Waals surface area contributed by atoms with E-state index in [0.717, 1.165) is 24.9 Å². The smallest absolute Gasteiger partial charge is 0.0806 e. The molecule has 2 rings (SSSR count). The van der Waals surface area contributed by atoms with E-state index in [-0.39, 0.29) is 12.7 Å². The molecule has 2 aliphatic rings. The summed E-state index contributed by atoms with van der Waals surface area (Å²) in [5, 5.41) is 9.04. The molecule has 0 aromatic heterocycles. The molecule has 1 N–H and O–H groups in total. The van der Waals surface area contributed by atoms with Crippen molar-refractivity contribution in [2.75, 3.05) is 13.2 Å². The fourth-order valence-corrected chi connectivity index (χ4v) is 3.28. The third-order valence-corrected chi connectivity index (χ3v) is 4.40. The first-order valence-electron chi connectivity index (χ1n) is 6.98. The molecule has 0 spiro atoms. The van der Waals surface area contributed by atoms with Crippen molar-refractivity contribution < 1.29 is 9.84 Å². The molecule has 0 bridgehead atoms. The van der Waals surface area contributed by atoms with Crippen molar-refractivity contribution in [2.24, 2.45) is 17.8 Å². The van der Waals surface area contributed by atoms with Crippen LogP contribution < -0.4 is 0 Å². The Balaban J connectivity index is 1.75. The van der Waals surface area contributed by atoms with Crippen LogP contribution in [0.5, 0.6) is 0 Å². The molecule has 0 radical (unpaired) electrons. The first-order chi connectivity index (χ1) is 8.33. The maximum absolute atomic E-state index is 9.04. The highest BCUT2D eigenvalue weighted by Gasteiger charge is 2.30. The lowest BCUT2D eigenvalue weighted by molar-refractivity contribution is -0.0595. The van der Waals surface area contributed by atoms with Gasteiger partial charge in [-0.15, -0.1) is 11.8 Å². The summed E-state index contributed by atoms with van der Waals surface area (Å²) in [6.45, 7) is 2.99. The van der Waals surface area contributed by atoms with E-state index in [9.17, 15) is 0 Å². The first-order valence-corrected chi connectivity index (χ1v) is 6.98. The van der Waals surface area contributed by atoms with Gasteiger partial charge in [0.15, 0.2) is 0 Å². The third-order valence-electron chi connectivity index (χ3n) is 4.40. The normalized spacial score (nSPS) is 38.2. The predicted molar refractivity (Wildman–Crippen MR) is 68.4 cm³/mol. The summed E-state index contributed by atoms with van der Waals surface area (Å²) in [5.41, 5.74) is 0. The van der Waals surface area contributed by atoms with Crippen molar-refractivity contribution in [1.29, 1.82) is 0 Å². The van der Waals surface area contributed by atoms with Gasteiger partial charge in [-0.1, -0.05) is 0 Å². The van der Waals surface area contributed by atoms with E-state index in [1.807, 2.05) is 6.92 Å². The van der Waals surface area contributed by atoms with Gasteiger partial charge in [-0.2, -0.15) is 0 Å². The molecule has 1 saturated carbocycles. The summed E-state index contributed by atoms with van der Waals surface area (Å²) in [4.78, 5) is 0. The number of aliphatic hydroxyl groups excluding tert-OH is 1. The van der Waals surface area contributed by atoms with Gasteiger partial charge in [-0.25, -0.2) is 0 Å². The summed E-state index contributed by atoms with van der Waals surface area (Å²) in [7, 11) is 0. The molecule has 2 unspecified atom stereocenters. The molecule has 1 saturated heterocycles. The highest BCUT2D eigenvalue weighted by Crippen LogP contribution is 2.37. The number of aliphatic hydroxyl groups is 1. The second-order valence-electron chi connectivity index (χ2n) is 5.48. The fourth-order valence-electron chi connectivity index (χ4n) is 3.28. The Morgan fingerprint density at radius 3 is 2.29 bits per heavy atom. The SMILES string of the molecule is CC#CC1CCC(C2CCC(CO)OC2)CC1. The molecule has 1 aliphatic heterocycles. The molecule has 0 aromatic carbocycles. The van der Waals surface area contributed by atoms with E-state index in [2.05, 4.69) is 11.8 Å². The van der Waals surface area contributed by atoms with Crippen molar-refractivity contribution in [3.8, 4) is 11.8 Å². The standard InChI is InChI=1S/C15H24O2/c1-2-3-12-4-6-13(7-5-12)14-8-9-15(10-16)17-11-14/h12-16H,4-11H2,1H3. The molecule has 2 fully saturated rings. The van der Waals surface area contributed by atoms with Crippen molar-refractivity contribution in [3.05, 3.63) is 0 Å². The van der Waals surface area contributed by atoms with E-state index in [1.165, 1.54) is 32.1 Å². The zero-order valence-corrected chi connectivity index (χ0v) is 10.8. The Morgan fingerprint density at radius 1 is 1.06 bits per heavy atom. The van der Waals surface area contributed by atoms with Crippen molar-refractivity contribution >= 4 is 0 Å². The second kappa shape index (κ2) is 6.42. The lowest BCUT2D eigenvalue weighted by atomic mass is 9.74. The van der Waals surface area contributed by atoms with Gasteiger partial charge in [0.1, 0.15) is 0 Å². The lowest BCUT2D eigenvalue weighted by Gasteiger charge is -2.36. The van der Waals surface area contributed by atoms with E-state index >= 15 is 0 Å². The largest absolute Gasteiger partial charge is 0.394 e. The molecular weight excluding hydrogens is 212 g/mol. The number of hydrogen-bond acceptors (Lipinski definition) is 2. The third kappa shape index (κ3) is 3.47. The van der Waals surface area contributed by atoms with Gasteiger partial charge in [0.25, 0.3) is 0 Å². The van der Waals surface area contributed by atoms with E-state index in [0.29, 0.717) is 5.92 Å². The van der Waals surface area contributed by atoms with Crippen molar-refractivity contribution in [2.45, 2.75) is 51.6 Å². The average molecular weight is 236 g/mol. The van der Waals surface area contributed by atoms with Crippen LogP contribution in [0, 0.1) is 29.6 Å². The average Bonchev–Trinajstić information content (AvgIpc) is 2.40. The van der Waals surface area contributed by atoms with Crippen LogP contribution in [0.15, 0.2) is 0 Å². The quantitative estimate of drug-likeness (QED) is 0.747. The molecule has 2 heteroatoms. The van der Waals surface area contributed by atoms with Gasteiger partial charge >= 0.3 is 0 Å². The Morgan fingerprint density at radius 2 is 1.76 bits per heavy atom. The van der Waals surface area contributed by atoms with Crippen LogP contribution in [0.4, 0.5) is 0 Å². The molecule has 2 atom stereocenters. The summed E-state index contributed by atoms with van der Waals surface area (Å²) >= 11 is 0. The van der Waals surface area contributed by atoms with E-state index in [1.54, 1.807) is 0 Å². The zero-order valence-electron chi connectivity index (χ0n) is 10.8. The van der Waals surface area contributed by atoms with Crippen LogP contribution >= 0.6 is 0 Å². The molecule has 2 nitrogen and oxygen atoms in total. The molecule has 1 heterocycles. The summed E-state index contributed by atoms with van der Waals surface area (Å²) in [6, 6.07) is 0. The minimum absolute atomic E-state index is 0.105. The van der Waals surface area contributed by atoms with Crippen molar-refractivity contribution in [3.63, 3.8) is 0 Å². The van der Waals surface area contributed by atoms with Gasteiger partial charge in [0, 0.05) is 5.92 Å². The van der Waals surface area contributed by atoms with Crippen LogP contribution in [0.1, 0.15) is 45.4 Å². The summed E-state index contributed by atoms with van der Waals surface area (Å²) in [5.74, 6) is 8.56. The maximum Gasteiger partial charge on any atom is 0.0806 e. The molecule has 1 aliphatic carbocycles. The van der Waals surface area contributed by atoms with Crippen molar-refractivity contribution in [1.82, 2.24) is 0 Å². The van der Waals surface area contributed by atoms with Crippen LogP contribution in [0.25, 0.3) is 0 Å². The number of rotatable bonds is 2. The highest BCUT2D eigenvalue weighted by molar-refractivity contribution is 5.02. The number of ether oxygens (including phenoxy) is 1. The Kier molecular flexibility index (Phi) is 4.88. The van der Waals surface area contributed by atoms with Crippen LogP contribution in [0.3, 0.4) is 0 Å². The van der Waals surface area contributed by atoms with Crippen LogP contribution in [-0.2, 0) is 4.74 Å². The number of hydrogen-bond donors (Lipinski definition) is 1. The summed E-state index contributed by atoms with van der Waals surface area (Å²) < 4.78 is 5.69. The van der Waals surface area contributed by atoms with E-state index in [4.69, 9.17) is 9.84 Å². The highest BCUT2D eigenvalue weighted by atomic mass is 16.5. The van der Waals surface area contributed by atoms with Gasteiger partial charge < -0.3 is 9.84 Å². The van der Waals surface area contributed by atoms with Crippen LogP contribution in [0.2, 0.25) is 0 Å². The van der Waals surface area contributed by atoms with Gasteiger partial charge in [0.2, 0.25) is 0 Å². The van der Waals surface area contributed by atoms with Gasteiger partial charge in [-0.05, 0) is 57.3 Å². The first kappa shape index (κ1) is 12.9. The van der Waals surface area contributed by atoms with Gasteiger partial charge in [-0.3, -0.25) is 0 Å². The molecular formula is C15H24O2. The Labute approximate surface area is 105 Å². The molecule has 96 valence electrons.